The fraction of sp³-hybridized carbons (Fsp3) is 0.278. The molecule has 1 amide bonds. The molecule has 1 saturated heterocycles. The number of rotatable bonds is 4. The molecule has 0 atom stereocenters. The molecule has 138 valence electrons. The molecule has 1 aromatic carbocycles. The van der Waals surface area contributed by atoms with Gasteiger partial charge in [-0.2, -0.15) is 0 Å². The van der Waals surface area contributed by atoms with E-state index in [-0.39, 0.29) is 12.0 Å². The number of halogens is 1. The van der Waals surface area contributed by atoms with Crippen LogP contribution in [0.5, 0.6) is 5.88 Å². The molecule has 0 saturated carbocycles. The molecule has 0 N–H and O–H groups in total. The molecule has 2 aromatic heterocycles. The van der Waals surface area contributed by atoms with Crippen LogP contribution in [0.25, 0.3) is 5.69 Å². The van der Waals surface area contributed by atoms with E-state index in [0.29, 0.717) is 24.5 Å². The number of carbonyl (C=O) groups is 1. The number of likely N-dealkylation sites (tertiary alicyclic amines) is 1. The van der Waals surface area contributed by atoms with Crippen molar-refractivity contribution in [3.8, 4) is 11.6 Å². The predicted octanol–water partition coefficient (Wildman–Crippen LogP) is 2.50. The van der Waals surface area contributed by atoms with Gasteiger partial charge in [0, 0.05) is 37.7 Å². The standard InChI is InChI=1S/C18H17BrN6O2/c19-16-5-2-8-20-17(16)27-15-6-9-24(10-7-15)18(26)13-3-1-4-14(11-13)25-12-21-22-23-25/h1-5,8,11-12,15H,6-7,9-10H2. The first kappa shape index (κ1) is 17.6. The summed E-state index contributed by atoms with van der Waals surface area (Å²) in [4.78, 5) is 18.9. The van der Waals surface area contributed by atoms with Crippen LogP contribution in [0.2, 0.25) is 0 Å². The molecule has 4 rings (SSSR count). The number of nitrogens with zero attached hydrogens (tertiary/aromatic N) is 6. The van der Waals surface area contributed by atoms with Gasteiger partial charge < -0.3 is 9.64 Å². The predicted molar refractivity (Wildman–Crippen MR) is 101 cm³/mol. The van der Waals surface area contributed by atoms with Gasteiger partial charge in [-0.15, -0.1) is 5.10 Å². The van der Waals surface area contributed by atoms with Gasteiger partial charge in [0.2, 0.25) is 5.88 Å². The highest BCUT2D eigenvalue weighted by Crippen LogP contribution is 2.25. The van der Waals surface area contributed by atoms with E-state index in [1.54, 1.807) is 12.3 Å². The largest absolute Gasteiger partial charge is 0.473 e. The topological polar surface area (TPSA) is 86.0 Å². The van der Waals surface area contributed by atoms with Gasteiger partial charge in [0.1, 0.15) is 12.4 Å². The molecule has 9 heteroatoms. The quantitative estimate of drug-likeness (QED) is 0.634. The van der Waals surface area contributed by atoms with Crippen molar-refractivity contribution in [2.75, 3.05) is 13.1 Å². The first-order valence-electron chi connectivity index (χ1n) is 8.60. The van der Waals surface area contributed by atoms with E-state index in [2.05, 4.69) is 36.4 Å². The number of tetrazole rings is 1. The molecule has 0 radical (unpaired) electrons. The van der Waals surface area contributed by atoms with Gasteiger partial charge in [-0.05, 0) is 56.7 Å². The van der Waals surface area contributed by atoms with Crippen LogP contribution in [0, 0.1) is 0 Å². The summed E-state index contributed by atoms with van der Waals surface area (Å²) in [7, 11) is 0. The molecule has 0 spiro atoms. The SMILES string of the molecule is O=C(c1cccc(-n2cnnn2)c1)N1CCC(Oc2ncccc2Br)CC1. The number of carbonyl (C=O) groups excluding carboxylic acids is 1. The maximum atomic E-state index is 12.8. The van der Waals surface area contributed by atoms with Gasteiger partial charge >= 0.3 is 0 Å². The van der Waals surface area contributed by atoms with Crippen molar-refractivity contribution in [2.24, 2.45) is 0 Å². The third-order valence-corrected chi connectivity index (χ3v) is 5.04. The summed E-state index contributed by atoms with van der Waals surface area (Å²) in [5.74, 6) is 0.596. The van der Waals surface area contributed by atoms with Crippen molar-refractivity contribution in [2.45, 2.75) is 18.9 Å². The number of benzene rings is 1. The van der Waals surface area contributed by atoms with E-state index in [1.807, 2.05) is 35.2 Å². The Labute approximate surface area is 164 Å². The molecular weight excluding hydrogens is 412 g/mol. The molecule has 3 aromatic rings. The zero-order valence-electron chi connectivity index (χ0n) is 14.4. The normalized spacial score (nSPS) is 14.9. The third-order valence-electron chi connectivity index (χ3n) is 4.44. The second-order valence-corrected chi connectivity index (χ2v) is 7.06. The van der Waals surface area contributed by atoms with Crippen LogP contribution in [0.1, 0.15) is 23.2 Å². The molecule has 1 aliphatic rings. The number of piperidine rings is 1. The summed E-state index contributed by atoms with van der Waals surface area (Å²) in [6, 6.07) is 11.0. The Morgan fingerprint density at radius 2 is 2.04 bits per heavy atom. The van der Waals surface area contributed by atoms with Crippen molar-refractivity contribution in [1.82, 2.24) is 30.1 Å². The van der Waals surface area contributed by atoms with E-state index in [4.69, 9.17) is 4.74 Å². The zero-order valence-corrected chi connectivity index (χ0v) is 16.0. The fourth-order valence-corrected chi connectivity index (χ4v) is 3.38. The number of ether oxygens (including phenoxy) is 1. The van der Waals surface area contributed by atoms with Gasteiger partial charge in [0.05, 0.1) is 10.2 Å². The molecule has 0 unspecified atom stereocenters. The first-order chi connectivity index (χ1) is 13.2. The minimum atomic E-state index is 0.00221. The van der Waals surface area contributed by atoms with E-state index >= 15 is 0 Å². The van der Waals surface area contributed by atoms with Crippen molar-refractivity contribution < 1.29 is 9.53 Å². The molecule has 1 aliphatic heterocycles. The van der Waals surface area contributed by atoms with Crippen LogP contribution in [-0.2, 0) is 0 Å². The smallest absolute Gasteiger partial charge is 0.253 e. The van der Waals surface area contributed by atoms with Crippen LogP contribution < -0.4 is 4.74 Å². The van der Waals surface area contributed by atoms with Crippen molar-refractivity contribution in [3.05, 3.63) is 59.0 Å². The highest BCUT2D eigenvalue weighted by atomic mass is 79.9. The fourth-order valence-electron chi connectivity index (χ4n) is 3.04. The van der Waals surface area contributed by atoms with E-state index in [0.717, 1.165) is 23.0 Å². The molecule has 0 bridgehead atoms. The Morgan fingerprint density at radius 1 is 1.19 bits per heavy atom. The summed E-state index contributed by atoms with van der Waals surface area (Å²) in [5, 5.41) is 11.1. The Morgan fingerprint density at radius 3 is 2.78 bits per heavy atom. The second kappa shape index (κ2) is 7.83. The number of hydrogen-bond donors (Lipinski definition) is 0. The van der Waals surface area contributed by atoms with Crippen molar-refractivity contribution in [1.29, 1.82) is 0 Å². The summed E-state index contributed by atoms with van der Waals surface area (Å²) >= 11 is 3.44. The van der Waals surface area contributed by atoms with Gasteiger partial charge in [-0.1, -0.05) is 6.07 Å². The lowest BCUT2D eigenvalue weighted by molar-refractivity contribution is 0.0586. The Hall–Kier alpha value is -2.81. The van der Waals surface area contributed by atoms with E-state index in [9.17, 15) is 4.79 Å². The van der Waals surface area contributed by atoms with Crippen LogP contribution in [-0.4, -0.2) is 55.2 Å². The number of pyridine rings is 1. The summed E-state index contributed by atoms with van der Waals surface area (Å²) < 4.78 is 8.33. The average Bonchev–Trinajstić information content (AvgIpc) is 3.25. The second-order valence-electron chi connectivity index (χ2n) is 6.20. The number of hydrogen-bond acceptors (Lipinski definition) is 6. The zero-order chi connectivity index (χ0) is 18.6. The Bertz CT molecular complexity index is 925. The van der Waals surface area contributed by atoms with Crippen LogP contribution in [0.15, 0.2) is 53.4 Å². The van der Waals surface area contributed by atoms with Gasteiger partial charge in [0.25, 0.3) is 5.91 Å². The Kier molecular flexibility index (Phi) is 5.10. The lowest BCUT2D eigenvalue weighted by Gasteiger charge is -2.32. The highest BCUT2D eigenvalue weighted by Gasteiger charge is 2.25. The number of aromatic nitrogens is 5. The molecule has 3 heterocycles. The van der Waals surface area contributed by atoms with Crippen LogP contribution in [0.3, 0.4) is 0 Å². The minimum absolute atomic E-state index is 0.00221. The minimum Gasteiger partial charge on any atom is -0.473 e. The van der Waals surface area contributed by atoms with Gasteiger partial charge in [0.15, 0.2) is 0 Å². The Balaban J connectivity index is 1.39. The van der Waals surface area contributed by atoms with Crippen LogP contribution in [0.4, 0.5) is 0 Å². The lowest BCUT2D eigenvalue weighted by Crippen LogP contribution is -2.41. The summed E-state index contributed by atoms with van der Waals surface area (Å²) in [5.41, 5.74) is 1.37. The molecule has 0 aliphatic carbocycles. The highest BCUT2D eigenvalue weighted by molar-refractivity contribution is 9.10. The van der Waals surface area contributed by atoms with Crippen molar-refractivity contribution >= 4 is 21.8 Å². The van der Waals surface area contributed by atoms with Crippen molar-refractivity contribution in [3.63, 3.8) is 0 Å². The molecule has 1 fully saturated rings. The number of amides is 1. The summed E-state index contributed by atoms with van der Waals surface area (Å²) in [6.45, 7) is 1.28. The first-order valence-corrected chi connectivity index (χ1v) is 9.40. The maximum absolute atomic E-state index is 12.8. The summed E-state index contributed by atoms with van der Waals surface area (Å²) in [6.07, 6.45) is 4.79. The van der Waals surface area contributed by atoms with E-state index < -0.39 is 0 Å². The maximum Gasteiger partial charge on any atom is 0.253 e. The third kappa shape index (κ3) is 3.97. The van der Waals surface area contributed by atoms with Gasteiger partial charge in [-0.25, -0.2) is 9.67 Å². The monoisotopic (exact) mass is 428 g/mol. The molecule has 8 nitrogen and oxygen atoms in total. The van der Waals surface area contributed by atoms with E-state index in [1.165, 1.54) is 11.0 Å². The lowest BCUT2D eigenvalue weighted by atomic mass is 10.1. The molecule has 27 heavy (non-hydrogen) atoms. The van der Waals surface area contributed by atoms with Gasteiger partial charge in [-0.3, -0.25) is 4.79 Å². The van der Waals surface area contributed by atoms with Crippen LogP contribution >= 0.6 is 15.9 Å². The molecular formula is C18H17BrN6O2. The average molecular weight is 429 g/mol.